The quantitative estimate of drug-likeness (QED) is 0.352. The van der Waals surface area contributed by atoms with E-state index < -0.39 is 0 Å². The van der Waals surface area contributed by atoms with Crippen molar-refractivity contribution < 1.29 is 14.3 Å². The highest BCUT2D eigenvalue weighted by Gasteiger charge is 2.21. The van der Waals surface area contributed by atoms with Gasteiger partial charge < -0.3 is 15.0 Å². The number of benzene rings is 3. The number of ether oxygens (including phenoxy) is 1. The van der Waals surface area contributed by atoms with Crippen LogP contribution >= 0.6 is 11.3 Å². The van der Waals surface area contributed by atoms with Gasteiger partial charge >= 0.3 is 0 Å². The van der Waals surface area contributed by atoms with Crippen molar-refractivity contribution in [2.24, 2.45) is 0 Å². The molecule has 190 valence electrons. The SMILES string of the molecule is COc1ccc(C)c2sc(N3CCN(CCNC(=O)c4ccc(C(=O)c5ccccc5)cc4)CC3)nc12. The molecule has 37 heavy (non-hydrogen) atoms. The van der Waals surface area contributed by atoms with Gasteiger partial charge in [0.05, 0.1) is 11.8 Å². The first kappa shape index (κ1) is 24.9. The molecule has 0 saturated carbocycles. The maximum absolute atomic E-state index is 12.6. The molecule has 1 saturated heterocycles. The normalized spacial score (nSPS) is 14.1. The number of hydrogen-bond donors (Lipinski definition) is 1. The number of fused-ring (bicyclic) bond motifs is 1. The summed E-state index contributed by atoms with van der Waals surface area (Å²) in [5.74, 6) is 0.637. The smallest absolute Gasteiger partial charge is 0.251 e. The first-order valence-corrected chi connectivity index (χ1v) is 13.2. The predicted octanol–water partition coefficient (Wildman–Crippen LogP) is 4.40. The van der Waals surface area contributed by atoms with Gasteiger partial charge in [-0.1, -0.05) is 59.9 Å². The molecule has 1 aromatic heterocycles. The molecule has 0 unspecified atom stereocenters. The van der Waals surface area contributed by atoms with Crippen molar-refractivity contribution in [1.29, 1.82) is 0 Å². The Kier molecular flexibility index (Phi) is 7.48. The van der Waals surface area contributed by atoms with Gasteiger partial charge in [-0.3, -0.25) is 14.5 Å². The Morgan fingerprint density at radius 2 is 1.59 bits per heavy atom. The molecule has 0 spiro atoms. The zero-order chi connectivity index (χ0) is 25.8. The Morgan fingerprint density at radius 1 is 0.919 bits per heavy atom. The standard InChI is InChI=1S/C29H30N4O3S/c1-20-8-13-24(36-2)25-27(20)37-29(31-25)33-18-16-32(17-19-33)15-14-30-28(35)23-11-9-22(10-12-23)26(34)21-6-4-3-5-7-21/h3-13H,14-19H2,1-2H3,(H,30,35). The first-order chi connectivity index (χ1) is 18.0. The van der Waals surface area contributed by atoms with Crippen molar-refractivity contribution >= 4 is 38.4 Å². The lowest BCUT2D eigenvalue weighted by Gasteiger charge is -2.34. The van der Waals surface area contributed by atoms with Crippen molar-refractivity contribution in [2.45, 2.75) is 6.92 Å². The van der Waals surface area contributed by atoms with Crippen molar-refractivity contribution in [2.75, 3.05) is 51.3 Å². The topological polar surface area (TPSA) is 74.8 Å². The van der Waals surface area contributed by atoms with Crippen LogP contribution in [-0.2, 0) is 0 Å². The van der Waals surface area contributed by atoms with E-state index in [0.29, 0.717) is 23.2 Å². The van der Waals surface area contributed by atoms with Crippen LogP contribution in [0.2, 0.25) is 0 Å². The van der Waals surface area contributed by atoms with Crippen LogP contribution in [0, 0.1) is 6.92 Å². The molecule has 4 aromatic rings. The number of nitrogens with zero attached hydrogens (tertiary/aromatic N) is 3. The minimum atomic E-state index is -0.129. The van der Waals surface area contributed by atoms with E-state index in [1.54, 1.807) is 54.8 Å². The highest BCUT2D eigenvalue weighted by molar-refractivity contribution is 7.22. The number of carbonyl (C=O) groups is 2. The summed E-state index contributed by atoms with van der Waals surface area (Å²) < 4.78 is 6.68. The van der Waals surface area contributed by atoms with E-state index in [9.17, 15) is 9.59 Å². The van der Waals surface area contributed by atoms with Gasteiger partial charge in [0.25, 0.3) is 5.91 Å². The molecule has 2 heterocycles. The number of ketones is 1. The van der Waals surface area contributed by atoms with Crippen LogP contribution in [0.25, 0.3) is 10.2 Å². The summed E-state index contributed by atoms with van der Waals surface area (Å²) in [6.45, 7) is 7.08. The van der Waals surface area contributed by atoms with Crippen molar-refractivity contribution in [1.82, 2.24) is 15.2 Å². The van der Waals surface area contributed by atoms with Crippen LogP contribution < -0.4 is 15.0 Å². The van der Waals surface area contributed by atoms with Crippen LogP contribution in [0.15, 0.2) is 66.7 Å². The number of thiazole rings is 1. The summed E-state index contributed by atoms with van der Waals surface area (Å²) in [7, 11) is 1.68. The van der Waals surface area contributed by atoms with Crippen molar-refractivity contribution in [3.63, 3.8) is 0 Å². The second kappa shape index (κ2) is 11.1. The molecule has 1 amide bonds. The van der Waals surface area contributed by atoms with E-state index in [0.717, 1.165) is 49.1 Å². The molecule has 0 radical (unpaired) electrons. The highest BCUT2D eigenvalue weighted by atomic mass is 32.1. The second-order valence-electron chi connectivity index (χ2n) is 9.12. The van der Waals surface area contributed by atoms with Gasteiger partial charge in [-0.2, -0.15) is 0 Å². The molecule has 3 aromatic carbocycles. The number of methoxy groups -OCH3 is 1. The van der Waals surface area contributed by atoms with E-state index in [-0.39, 0.29) is 11.7 Å². The van der Waals surface area contributed by atoms with Gasteiger partial charge in [0, 0.05) is 56.0 Å². The van der Waals surface area contributed by atoms with Crippen molar-refractivity contribution in [3.8, 4) is 5.75 Å². The van der Waals surface area contributed by atoms with Crippen molar-refractivity contribution in [3.05, 3.63) is 89.0 Å². The average Bonchev–Trinajstić information content (AvgIpc) is 3.40. The Morgan fingerprint density at radius 3 is 2.30 bits per heavy atom. The Hall–Kier alpha value is -3.75. The molecule has 1 N–H and O–H groups in total. The third-order valence-corrected chi connectivity index (χ3v) is 7.97. The lowest BCUT2D eigenvalue weighted by atomic mass is 10.0. The lowest BCUT2D eigenvalue weighted by Crippen LogP contribution is -2.48. The largest absolute Gasteiger partial charge is 0.494 e. The highest BCUT2D eigenvalue weighted by Crippen LogP contribution is 2.36. The van der Waals surface area contributed by atoms with Gasteiger partial charge in [0.2, 0.25) is 0 Å². The fourth-order valence-corrected chi connectivity index (χ4v) is 5.62. The third-order valence-electron chi connectivity index (χ3n) is 6.71. The Labute approximate surface area is 220 Å². The van der Waals surface area contributed by atoms with Crippen LogP contribution in [0.1, 0.15) is 31.8 Å². The number of carbonyl (C=O) groups excluding carboxylic acids is 2. The predicted molar refractivity (Wildman–Crippen MR) is 148 cm³/mol. The molecule has 7 nitrogen and oxygen atoms in total. The molecule has 1 aliphatic rings. The second-order valence-corrected chi connectivity index (χ2v) is 10.1. The zero-order valence-corrected chi connectivity index (χ0v) is 21.9. The van der Waals surface area contributed by atoms with Crippen LogP contribution in [0.3, 0.4) is 0 Å². The number of rotatable bonds is 8. The van der Waals surface area contributed by atoms with Gasteiger partial charge in [0.15, 0.2) is 10.9 Å². The fraction of sp³-hybridized carbons (Fsp3) is 0.276. The van der Waals surface area contributed by atoms with E-state index in [4.69, 9.17) is 9.72 Å². The molecule has 8 heteroatoms. The summed E-state index contributed by atoms with van der Waals surface area (Å²) >= 11 is 1.72. The number of piperazine rings is 1. The lowest BCUT2D eigenvalue weighted by molar-refractivity contribution is 0.0946. The number of amides is 1. The summed E-state index contributed by atoms with van der Waals surface area (Å²) in [5.41, 5.74) is 3.91. The van der Waals surface area contributed by atoms with E-state index in [1.165, 1.54) is 10.3 Å². The van der Waals surface area contributed by atoms with Gasteiger partial charge in [0.1, 0.15) is 11.3 Å². The molecule has 1 aliphatic heterocycles. The monoisotopic (exact) mass is 514 g/mol. The molecule has 0 bridgehead atoms. The van der Waals surface area contributed by atoms with Gasteiger partial charge in [-0.05, 0) is 30.7 Å². The summed E-state index contributed by atoms with van der Waals surface area (Å²) in [6.07, 6.45) is 0. The molecular weight excluding hydrogens is 484 g/mol. The van der Waals surface area contributed by atoms with Crippen LogP contribution in [0.4, 0.5) is 5.13 Å². The molecule has 1 fully saturated rings. The number of aromatic nitrogens is 1. The molecular formula is C29H30N4O3S. The Bertz CT molecular complexity index is 1390. The number of aryl methyl sites for hydroxylation is 1. The Balaban J connectivity index is 1.10. The number of hydrogen-bond acceptors (Lipinski definition) is 7. The molecule has 0 aliphatic carbocycles. The van der Waals surface area contributed by atoms with Crippen LogP contribution in [0.5, 0.6) is 5.75 Å². The minimum Gasteiger partial charge on any atom is -0.494 e. The number of anilines is 1. The fourth-order valence-electron chi connectivity index (χ4n) is 4.52. The van der Waals surface area contributed by atoms with Crippen LogP contribution in [-0.4, -0.2) is 68.0 Å². The molecule has 5 rings (SSSR count). The zero-order valence-electron chi connectivity index (χ0n) is 21.1. The number of nitrogens with one attached hydrogen (secondary N) is 1. The average molecular weight is 515 g/mol. The van der Waals surface area contributed by atoms with Gasteiger partial charge in [-0.15, -0.1) is 0 Å². The van der Waals surface area contributed by atoms with Gasteiger partial charge in [-0.25, -0.2) is 4.98 Å². The molecule has 0 atom stereocenters. The minimum absolute atomic E-state index is 0.0492. The summed E-state index contributed by atoms with van der Waals surface area (Å²) in [6, 6.07) is 20.0. The maximum Gasteiger partial charge on any atom is 0.251 e. The first-order valence-electron chi connectivity index (χ1n) is 12.4. The van der Waals surface area contributed by atoms with E-state index in [1.807, 2.05) is 24.3 Å². The third kappa shape index (κ3) is 5.50. The van der Waals surface area contributed by atoms with E-state index in [2.05, 4.69) is 28.1 Å². The summed E-state index contributed by atoms with van der Waals surface area (Å²) in [5, 5.41) is 4.04. The maximum atomic E-state index is 12.6. The van der Waals surface area contributed by atoms with E-state index >= 15 is 0 Å². The summed E-state index contributed by atoms with van der Waals surface area (Å²) in [4.78, 5) is 34.7.